The molecule has 0 aromatic heterocycles. The topological polar surface area (TPSA) is 12.0 Å². The third-order valence-electron chi connectivity index (χ3n) is 3.05. The van der Waals surface area contributed by atoms with Crippen molar-refractivity contribution in [2.45, 2.75) is 39.2 Å². The molecule has 1 N–H and O–H groups in total. The van der Waals surface area contributed by atoms with E-state index in [4.69, 9.17) is 6.42 Å². The van der Waals surface area contributed by atoms with Gasteiger partial charge in [-0.3, -0.25) is 0 Å². The fourth-order valence-electron chi connectivity index (χ4n) is 1.98. The summed E-state index contributed by atoms with van der Waals surface area (Å²) in [7, 11) is 2.04. The van der Waals surface area contributed by atoms with Gasteiger partial charge in [-0.1, -0.05) is 13.8 Å². The Morgan fingerprint density at radius 2 is 2.25 bits per heavy atom. The SMILES string of the molecule is C#CCCC(NC)C1CC1(C)C. The average Bonchev–Trinajstić information content (AvgIpc) is 2.62. The van der Waals surface area contributed by atoms with Crippen molar-refractivity contribution in [1.29, 1.82) is 0 Å². The van der Waals surface area contributed by atoms with Crippen molar-refractivity contribution in [3.8, 4) is 12.3 Å². The van der Waals surface area contributed by atoms with E-state index in [1.165, 1.54) is 6.42 Å². The van der Waals surface area contributed by atoms with Crippen LogP contribution in [0, 0.1) is 23.7 Å². The maximum absolute atomic E-state index is 5.24. The van der Waals surface area contributed by atoms with Gasteiger partial charge in [0.1, 0.15) is 0 Å². The van der Waals surface area contributed by atoms with Gasteiger partial charge in [-0.15, -0.1) is 12.3 Å². The average molecular weight is 165 g/mol. The van der Waals surface area contributed by atoms with Crippen LogP contribution in [0.25, 0.3) is 0 Å². The van der Waals surface area contributed by atoms with Crippen LogP contribution in [0.4, 0.5) is 0 Å². The zero-order chi connectivity index (χ0) is 9.19. The van der Waals surface area contributed by atoms with Crippen LogP contribution in [-0.4, -0.2) is 13.1 Å². The van der Waals surface area contributed by atoms with Crippen LogP contribution in [0.3, 0.4) is 0 Å². The van der Waals surface area contributed by atoms with Crippen molar-refractivity contribution < 1.29 is 0 Å². The van der Waals surface area contributed by atoms with E-state index in [1.807, 2.05) is 7.05 Å². The Balaban J connectivity index is 2.33. The number of hydrogen-bond donors (Lipinski definition) is 1. The summed E-state index contributed by atoms with van der Waals surface area (Å²) in [6, 6.07) is 0.635. The van der Waals surface area contributed by atoms with Crippen molar-refractivity contribution in [2.24, 2.45) is 11.3 Å². The first kappa shape index (κ1) is 9.61. The predicted molar refractivity (Wildman–Crippen MR) is 52.8 cm³/mol. The Morgan fingerprint density at radius 1 is 1.67 bits per heavy atom. The van der Waals surface area contributed by atoms with Crippen LogP contribution in [0.2, 0.25) is 0 Å². The Hall–Kier alpha value is -0.480. The maximum atomic E-state index is 5.24. The zero-order valence-electron chi connectivity index (χ0n) is 8.35. The normalized spacial score (nSPS) is 27.7. The predicted octanol–water partition coefficient (Wildman–Crippen LogP) is 2.03. The molecule has 1 fully saturated rings. The van der Waals surface area contributed by atoms with E-state index in [9.17, 15) is 0 Å². The first-order valence-corrected chi connectivity index (χ1v) is 4.72. The van der Waals surface area contributed by atoms with Crippen LogP contribution < -0.4 is 5.32 Å². The molecule has 0 amide bonds. The summed E-state index contributed by atoms with van der Waals surface area (Å²) >= 11 is 0. The van der Waals surface area contributed by atoms with Crippen molar-refractivity contribution in [3.63, 3.8) is 0 Å². The van der Waals surface area contributed by atoms with E-state index >= 15 is 0 Å². The summed E-state index contributed by atoms with van der Waals surface area (Å²) in [5.41, 5.74) is 0.558. The molecule has 12 heavy (non-hydrogen) atoms. The van der Waals surface area contributed by atoms with Crippen molar-refractivity contribution >= 4 is 0 Å². The van der Waals surface area contributed by atoms with E-state index in [-0.39, 0.29) is 0 Å². The quantitative estimate of drug-likeness (QED) is 0.629. The summed E-state index contributed by atoms with van der Waals surface area (Å²) < 4.78 is 0. The largest absolute Gasteiger partial charge is 0.317 e. The summed E-state index contributed by atoms with van der Waals surface area (Å²) in [5, 5.41) is 3.36. The van der Waals surface area contributed by atoms with Crippen LogP contribution in [0.1, 0.15) is 33.1 Å². The number of hydrogen-bond acceptors (Lipinski definition) is 1. The third-order valence-corrected chi connectivity index (χ3v) is 3.05. The lowest BCUT2D eigenvalue weighted by Crippen LogP contribution is -2.28. The molecule has 1 nitrogen and oxygen atoms in total. The lowest BCUT2D eigenvalue weighted by Gasteiger charge is -2.16. The third kappa shape index (κ3) is 2.01. The lowest BCUT2D eigenvalue weighted by molar-refractivity contribution is 0.411. The van der Waals surface area contributed by atoms with Gasteiger partial charge >= 0.3 is 0 Å². The van der Waals surface area contributed by atoms with Gasteiger partial charge in [-0.25, -0.2) is 0 Å². The molecule has 0 aromatic carbocycles. The highest BCUT2D eigenvalue weighted by Crippen LogP contribution is 2.54. The first-order valence-electron chi connectivity index (χ1n) is 4.72. The second-order valence-corrected chi connectivity index (χ2v) is 4.44. The van der Waals surface area contributed by atoms with Gasteiger partial charge in [0.15, 0.2) is 0 Å². The molecule has 1 aliphatic carbocycles. The molecular weight excluding hydrogens is 146 g/mol. The lowest BCUT2D eigenvalue weighted by atomic mass is 10.0. The molecule has 1 heteroatoms. The Morgan fingerprint density at radius 3 is 2.58 bits per heavy atom. The molecule has 1 saturated carbocycles. The van der Waals surface area contributed by atoms with Gasteiger partial charge in [0.05, 0.1) is 0 Å². The molecule has 0 bridgehead atoms. The maximum Gasteiger partial charge on any atom is 0.0107 e. The molecule has 1 rings (SSSR count). The van der Waals surface area contributed by atoms with Gasteiger partial charge in [-0.05, 0) is 31.2 Å². The first-order chi connectivity index (χ1) is 5.61. The van der Waals surface area contributed by atoms with Gasteiger partial charge in [-0.2, -0.15) is 0 Å². The summed E-state index contributed by atoms with van der Waals surface area (Å²) in [4.78, 5) is 0. The molecule has 0 saturated heterocycles. The standard InChI is InChI=1S/C11H19N/c1-5-6-7-10(12-4)9-8-11(9,2)3/h1,9-10,12H,6-8H2,2-4H3. The highest BCUT2D eigenvalue weighted by Gasteiger charge is 2.49. The minimum absolute atomic E-state index is 0.558. The van der Waals surface area contributed by atoms with E-state index in [0.29, 0.717) is 11.5 Å². The molecule has 68 valence electrons. The molecular formula is C11H19N. The van der Waals surface area contributed by atoms with E-state index < -0.39 is 0 Å². The molecule has 0 aliphatic heterocycles. The molecule has 0 spiro atoms. The van der Waals surface area contributed by atoms with Gasteiger partial charge in [0.25, 0.3) is 0 Å². The Bertz CT molecular complexity index is 188. The minimum Gasteiger partial charge on any atom is -0.317 e. The Labute approximate surface area is 75.9 Å². The molecule has 2 atom stereocenters. The smallest absolute Gasteiger partial charge is 0.0107 e. The van der Waals surface area contributed by atoms with Crippen LogP contribution in [0.5, 0.6) is 0 Å². The van der Waals surface area contributed by atoms with Crippen molar-refractivity contribution in [1.82, 2.24) is 5.32 Å². The number of terminal acetylenes is 1. The second-order valence-electron chi connectivity index (χ2n) is 4.44. The second kappa shape index (κ2) is 3.49. The molecule has 0 aromatic rings. The number of rotatable bonds is 4. The highest BCUT2D eigenvalue weighted by molar-refractivity contribution is 5.02. The minimum atomic E-state index is 0.558. The van der Waals surface area contributed by atoms with Gasteiger partial charge in [0.2, 0.25) is 0 Å². The zero-order valence-corrected chi connectivity index (χ0v) is 8.35. The van der Waals surface area contributed by atoms with Gasteiger partial charge in [0, 0.05) is 12.5 Å². The monoisotopic (exact) mass is 165 g/mol. The van der Waals surface area contributed by atoms with Crippen LogP contribution >= 0.6 is 0 Å². The highest BCUT2D eigenvalue weighted by atomic mass is 14.9. The fourth-order valence-corrected chi connectivity index (χ4v) is 1.98. The van der Waals surface area contributed by atoms with E-state index in [2.05, 4.69) is 25.1 Å². The molecule has 2 unspecified atom stereocenters. The van der Waals surface area contributed by atoms with Crippen molar-refractivity contribution in [2.75, 3.05) is 7.05 Å². The Kier molecular flexibility index (Phi) is 2.80. The van der Waals surface area contributed by atoms with E-state index in [0.717, 1.165) is 18.8 Å². The number of nitrogens with one attached hydrogen (secondary N) is 1. The summed E-state index contributed by atoms with van der Waals surface area (Å²) in [5.74, 6) is 3.55. The van der Waals surface area contributed by atoms with Crippen LogP contribution in [0.15, 0.2) is 0 Å². The summed E-state index contributed by atoms with van der Waals surface area (Å²) in [6.07, 6.45) is 8.62. The van der Waals surface area contributed by atoms with Gasteiger partial charge < -0.3 is 5.32 Å². The van der Waals surface area contributed by atoms with Crippen LogP contribution in [-0.2, 0) is 0 Å². The van der Waals surface area contributed by atoms with Crippen molar-refractivity contribution in [3.05, 3.63) is 0 Å². The molecule has 0 heterocycles. The molecule has 1 aliphatic rings. The summed E-state index contributed by atoms with van der Waals surface area (Å²) in [6.45, 7) is 4.66. The molecule has 0 radical (unpaired) electrons. The van der Waals surface area contributed by atoms with E-state index in [1.54, 1.807) is 0 Å². The fraction of sp³-hybridized carbons (Fsp3) is 0.818.